The van der Waals surface area contributed by atoms with E-state index in [-0.39, 0.29) is 16.7 Å². The number of carboxylic acids is 1. The fourth-order valence-electron chi connectivity index (χ4n) is 7.74. The molecular weight excluding hydrogens is 822 g/mol. The van der Waals surface area contributed by atoms with Crippen LogP contribution in [0.1, 0.15) is 72.0 Å². The van der Waals surface area contributed by atoms with Gasteiger partial charge in [-0.05, 0) is 133 Å². The van der Waals surface area contributed by atoms with E-state index < -0.39 is 22.2 Å². The van der Waals surface area contributed by atoms with Gasteiger partial charge in [0.1, 0.15) is 5.75 Å². The summed E-state index contributed by atoms with van der Waals surface area (Å²) in [4.78, 5) is 40.1. The van der Waals surface area contributed by atoms with Crippen molar-refractivity contribution in [2.24, 2.45) is 17.0 Å². The number of primary sulfonamides is 1. The molecule has 62 heavy (non-hydrogen) atoms. The first-order valence-corrected chi connectivity index (χ1v) is 22.4. The first kappa shape index (κ1) is 47.5. The van der Waals surface area contributed by atoms with E-state index in [1.165, 1.54) is 44.2 Å². The zero-order valence-corrected chi connectivity index (χ0v) is 35.7. The van der Waals surface area contributed by atoms with E-state index >= 15 is 0 Å². The van der Waals surface area contributed by atoms with Gasteiger partial charge in [-0.15, -0.1) is 0 Å². The first-order valence-electron chi connectivity index (χ1n) is 20.8. The van der Waals surface area contributed by atoms with E-state index in [2.05, 4.69) is 11.4 Å². The number of nitrogens with one attached hydrogen (secondary N) is 1. The van der Waals surface area contributed by atoms with Crippen molar-refractivity contribution in [3.63, 3.8) is 0 Å². The van der Waals surface area contributed by atoms with Gasteiger partial charge in [-0.1, -0.05) is 73.9 Å². The third kappa shape index (κ3) is 14.8. The number of aliphatic carboxylic acids is 1. The molecule has 2 saturated heterocycles. The van der Waals surface area contributed by atoms with Crippen LogP contribution in [-0.4, -0.2) is 87.1 Å². The van der Waals surface area contributed by atoms with E-state index in [4.69, 9.17) is 19.8 Å². The molecule has 0 aromatic heterocycles. The monoisotopic (exact) mass is 876 g/mol. The van der Waals surface area contributed by atoms with Crippen molar-refractivity contribution < 1.29 is 45.8 Å². The van der Waals surface area contributed by atoms with Crippen LogP contribution in [0.2, 0.25) is 0 Å². The summed E-state index contributed by atoms with van der Waals surface area (Å²) in [6.07, 6.45) is 7.47. The minimum absolute atomic E-state index is 0.0485. The third-order valence-electron chi connectivity index (χ3n) is 11.3. The Labute approximate surface area is 361 Å². The van der Waals surface area contributed by atoms with Gasteiger partial charge in [0.2, 0.25) is 15.9 Å². The van der Waals surface area contributed by atoms with Gasteiger partial charge in [0.15, 0.2) is 0 Å². The molecule has 4 aromatic rings. The van der Waals surface area contributed by atoms with Gasteiger partial charge in [-0.2, -0.15) is 13.2 Å². The topological polar surface area (TPSA) is 159 Å². The van der Waals surface area contributed by atoms with E-state index in [1.807, 2.05) is 71.6 Å². The molecule has 2 aliphatic rings. The summed E-state index contributed by atoms with van der Waals surface area (Å²) in [5.41, 5.74) is 5.33. The highest BCUT2D eigenvalue weighted by molar-refractivity contribution is 7.89. The molecule has 11 nitrogen and oxygen atoms in total. The lowest BCUT2D eigenvalue weighted by atomic mass is 9.87. The molecule has 0 bridgehead atoms. The Kier molecular flexibility index (Phi) is 17.3. The molecular formula is C47H55F3N4O7S. The second-order valence-electron chi connectivity index (χ2n) is 15.7. The molecule has 0 aliphatic carbocycles. The van der Waals surface area contributed by atoms with Crippen LogP contribution < -0.4 is 15.2 Å². The van der Waals surface area contributed by atoms with Crippen LogP contribution in [0, 0.1) is 11.8 Å². The quantitative estimate of drug-likeness (QED) is 0.102. The fourth-order valence-corrected chi connectivity index (χ4v) is 8.25. The number of piperidine rings is 2. The largest absolute Gasteiger partial charge is 0.497 e. The Hall–Kier alpha value is -5.51. The number of nitrogens with zero attached hydrogens (tertiary/aromatic N) is 2. The molecule has 6 rings (SSSR count). The second kappa shape index (κ2) is 22.5. The number of ether oxygens (including phenoxy) is 1. The first-order chi connectivity index (χ1) is 29.6. The minimum atomic E-state index is -5.08. The van der Waals surface area contributed by atoms with Crippen molar-refractivity contribution in [2.45, 2.75) is 69.0 Å². The average Bonchev–Trinajstić information content (AvgIpc) is 3.27. The van der Waals surface area contributed by atoms with Crippen LogP contribution >= 0.6 is 0 Å². The van der Waals surface area contributed by atoms with Crippen LogP contribution in [0.5, 0.6) is 5.75 Å². The van der Waals surface area contributed by atoms with Crippen LogP contribution in [0.4, 0.5) is 13.2 Å². The maximum Gasteiger partial charge on any atom is 0.490 e. The summed E-state index contributed by atoms with van der Waals surface area (Å²) in [5, 5.41) is 15.9. The predicted octanol–water partition coefficient (Wildman–Crippen LogP) is 7.95. The summed E-state index contributed by atoms with van der Waals surface area (Å²) in [5.74, 6) is -0.500. The molecule has 0 atom stereocenters. The second-order valence-corrected chi connectivity index (χ2v) is 17.3. The fraction of sp³-hybridized carbons (Fsp3) is 0.383. The lowest BCUT2D eigenvalue weighted by Gasteiger charge is -2.32. The van der Waals surface area contributed by atoms with Crippen LogP contribution in [0.15, 0.2) is 108 Å². The Morgan fingerprint density at radius 2 is 1.45 bits per heavy atom. The molecule has 0 saturated carbocycles. The lowest BCUT2D eigenvalue weighted by molar-refractivity contribution is -0.192. The van der Waals surface area contributed by atoms with Crippen molar-refractivity contribution in [3.8, 4) is 16.9 Å². The molecule has 2 heterocycles. The maximum absolute atomic E-state index is 13.7. The number of alkyl halides is 3. The van der Waals surface area contributed by atoms with Crippen LogP contribution in [0.25, 0.3) is 17.2 Å². The van der Waals surface area contributed by atoms with Crippen LogP contribution in [0.3, 0.4) is 0 Å². The van der Waals surface area contributed by atoms with Gasteiger partial charge in [0.05, 0.1) is 12.0 Å². The number of sulfonamides is 1. The van der Waals surface area contributed by atoms with E-state index in [0.717, 1.165) is 78.5 Å². The van der Waals surface area contributed by atoms with Gasteiger partial charge in [-0.25, -0.2) is 18.4 Å². The van der Waals surface area contributed by atoms with E-state index in [1.54, 1.807) is 36.3 Å². The number of hydrogen-bond donors (Lipinski definition) is 3. The molecule has 0 unspecified atom stereocenters. The normalized spacial score (nSPS) is 15.1. The molecule has 4 N–H and O–H groups in total. The number of carbonyl (C=O) groups excluding carboxylic acids is 2. The number of carboxylic acid groups (broad SMARTS) is 1. The molecule has 0 spiro atoms. The molecule has 2 aliphatic heterocycles. The highest BCUT2D eigenvalue weighted by atomic mass is 32.2. The van der Waals surface area contributed by atoms with Crippen molar-refractivity contribution in [3.05, 3.63) is 125 Å². The SMILES string of the molecule is COc1ccc(/C=C/C(=O)N(CCc2ccc(S(N)(=O)=O)cc2)Cc2cccc(-c3cccc(C(=O)N4CCC(CCCC5CCNCC5)CC4)c3)c2)cc1.O=C(O)C(F)(F)F. The molecule has 4 aromatic carbocycles. The summed E-state index contributed by atoms with van der Waals surface area (Å²) < 4.78 is 60.5. The number of rotatable bonds is 15. The standard InChI is InChI=1S/C45H54N4O5S.C2HF3O2/c1-54-42-16-11-36(12-17-42)15-20-44(50)49(30-25-37-13-18-43(19-14-37)55(46,52)53)33-38-7-3-8-39(31-38)40-9-4-10-41(32-40)45(51)48-28-23-35(24-29-48)6-2-5-34-21-26-47-27-22-34;3-2(4,5)1(6)7/h3-4,7-20,31-32,34-35,47H,2,5-6,21-30,33H2,1H3,(H2,46,52,53);(H,6,7)/b20-15+;. The highest BCUT2D eigenvalue weighted by Crippen LogP contribution is 2.28. The maximum atomic E-state index is 13.7. The van der Waals surface area contributed by atoms with E-state index in [0.29, 0.717) is 31.0 Å². The Morgan fingerprint density at radius 1 is 0.855 bits per heavy atom. The van der Waals surface area contributed by atoms with E-state index in [9.17, 15) is 31.2 Å². The number of benzene rings is 4. The average molecular weight is 877 g/mol. The number of halogens is 3. The van der Waals surface area contributed by atoms with Gasteiger partial charge in [0, 0.05) is 37.8 Å². The zero-order chi connectivity index (χ0) is 44.7. The Morgan fingerprint density at radius 3 is 2.05 bits per heavy atom. The number of nitrogens with two attached hydrogens (primary N) is 1. The predicted molar refractivity (Wildman–Crippen MR) is 233 cm³/mol. The highest BCUT2D eigenvalue weighted by Gasteiger charge is 2.38. The molecule has 0 radical (unpaired) electrons. The summed E-state index contributed by atoms with van der Waals surface area (Å²) in [7, 11) is -2.18. The number of likely N-dealkylation sites (tertiary alicyclic amines) is 1. The number of carbonyl (C=O) groups is 3. The third-order valence-corrected chi connectivity index (χ3v) is 12.3. The molecule has 2 amide bonds. The number of methoxy groups -OCH3 is 1. The molecule has 2 fully saturated rings. The smallest absolute Gasteiger partial charge is 0.490 e. The van der Waals surface area contributed by atoms with Crippen LogP contribution in [-0.2, 0) is 32.6 Å². The molecule has 15 heteroatoms. The Balaban J connectivity index is 0.000000955. The minimum Gasteiger partial charge on any atom is -0.497 e. The van der Waals surface area contributed by atoms with Crippen molar-refractivity contribution >= 4 is 33.9 Å². The van der Waals surface area contributed by atoms with Crippen molar-refractivity contribution in [1.82, 2.24) is 15.1 Å². The van der Waals surface area contributed by atoms with Crippen molar-refractivity contribution in [1.29, 1.82) is 0 Å². The summed E-state index contributed by atoms with van der Waals surface area (Å²) >= 11 is 0. The summed E-state index contributed by atoms with van der Waals surface area (Å²) in [6, 6.07) is 29.9. The van der Waals surface area contributed by atoms with Crippen molar-refractivity contribution in [2.75, 3.05) is 39.8 Å². The Bertz CT molecular complexity index is 2240. The summed E-state index contributed by atoms with van der Waals surface area (Å²) in [6.45, 7) is 4.71. The van der Waals surface area contributed by atoms with Gasteiger partial charge in [-0.3, -0.25) is 9.59 Å². The molecule has 332 valence electrons. The lowest BCUT2D eigenvalue weighted by Crippen LogP contribution is -2.38. The number of amides is 2. The number of hydrogen-bond acceptors (Lipinski definition) is 7. The van der Waals surface area contributed by atoms with Gasteiger partial charge < -0.3 is 25.0 Å². The zero-order valence-electron chi connectivity index (χ0n) is 34.9. The van der Waals surface area contributed by atoms with Gasteiger partial charge >= 0.3 is 12.1 Å². The van der Waals surface area contributed by atoms with Gasteiger partial charge in [0.25, 0.3) is 5.91 Å².